The SMILES string of the molecule is [CH2]COCC(OCC)OC(=C)C. The smallest absolute Gasteiger partial charge is 0.222 e. The maximum atomic E-state index is 5.22. The zero-order chi connectivity index (χ0) is 9.40. The van der Waals surface area contributed by atoms with Crippen LogP contribution in [-0.4, -0.2) is 26.1 Å². The molecule has 0 aromatic heterocycles. The molecule has 0 saturated heterocycles. The Kier molecular flexibility index (Phi) is 6.81. The fraction of sp³-hybridized carbons (Fsp3) is 0.667. The van der Waals surface area contributed by atoms with Crippen molar-refractivity contribution in [2.24, 2.45) is 0 Å². The van der Waals surface area contributed by atoms with E-state index in [0.717, 1.165) is 0 Å². The highest BCUT2D eigenvalue weighted by Gasteiger charge is 2.08. The van der Waals surface area contributed by atoms with Crippen molar-refractivity contribution in [2.75, 3.05) is 19.8 Å². The van der Waals surface area contributed by atoms with Crippen molar-refractivity contribution < 1.29 is 14.2 Å². The zero-order valence-electron chi connectivity index (χ0n) is 7.84. The van der Waals surface area contributed by atoms with Crippen LogP contribution in [0.4, 0.5) is 0 Å². The Bertz CT molecular complexity index is 123. The second kappa shape index (κ2) is 7.13. The largest absolute Gasteiger partial charge is 0.468 e. The van der Waals surface area contributed by atoms with Crippen LogP contribution in [0.3, 0.4) is 0 Å². The molecular formula is C9H17O3. The van der Waals surface area contributed by atoms with E-state index in [9.17, 15) is 0 Å². The van der Waals surface area contributed by atoms with Crippen LogP contribution in [0.5, 0.6) is 0 Å². The van der Waals surface area contributed by atoms with E-state index < -0.39 is 0 Å². The van der Waals surface area contributed by atoms with Crippen LogP contribution in [0, 0.1) is 6.92 Å². The van der Waals surface area contributed by atoms with E-state index in [-0.39, 0.29) is 6.29 Å². The molecule has 1 unspecified atom stereocenters. The van der Waals surface area contributed by atoms with Gasteiger partial charge < -0.3 is 14.2 Å². The molecule has 0 aliphatic heterocycles. The van der Waals surface area contributed by atoms with Crippen molar-refractivity contribution in [3.8, 4) is 0 Å². The quantitative estimate of drug-likeness (QED) is 0.433. The van der Waals surface area contributed by atoms with Gasteiger partial charge in [0.15, 0.2) is 0 Å². The summed E-state index contributed by atoms with van der Waals surface area (Å²) in [6.07, 6.45) is -0.353. The highest BCUT2D eigenvalue weighted by Crippen LogP contribution is 2.02. The summed E-state index contributed by atoms with van der Waals surface area (Å²) in [6.45, 7) is 12.2. The Morgan fingerprint density at radius 3 is 2.58 bits per heavy atom. The summed E-state index contributed by atoms with van der Waals surface area (Å²) < 4.78 is 15.5. The maximum absolute atomic E-state index is 5.22. The zero-order valence-corrected chi connectivity index (χ0v) is 7.84. The fourth-order valence-corrected chi connectivity index (χ4v) is 0.706. The van der Waals surface area contributed by atoms with Crippen LogP contribution in [0.1, 0.15) is 13.8 Å². The number of hydrogen-bond acceptors (Lipinski definition) is 3. The molecule has 0 N–H and O–H groups in total. The fourth-order valence-electron chi connectivity index (χ4n) is 0.706. The standard InChI is InChI=1S/C9H17O3/c1-5-10-7-9(11-6-2)12-8(3)4/h9H,1,3,5-7H2,2,4H3. The molecule has 0 aliphatic rings. The molecule has 0 fully saturated rings. The first-order valence-electron chi connectivity index (χ1n) is 4.01. The van der Waals surface area contributed by atoms with Gasteiger partial charge in [-0.05, 0) is 20.8 Å². The molecule has 0 heterocycles. The molecule has 3 heteroatoms. The van der Waals surface area contributed by atoms with E-state index in [1.165, 1.54) is 0 Å². The Morgan fingerprint density at radius 2 is 2.17 bits per heavy atom. The number of hydrogen-bond donors (Lipinski definition) is 0. The van der Waals surface area contributed by atoms with Crippen LogP contribution in [0.15, 0.2) is 12.3 Å². The van der Waals surface area contributed by atoms with Crippen LogP contribution in [-0.2, 0) is 14.2 Å². The van der Waals surface area contributed by atoms with Gasteiger partial charge in [0, 0.05) is 13.2 Å². The summed E-state index contributed by atoms with van der Waals surface area (Å²) >= 11 is 0. The molecule has 0 saturated carbocycles. The molecular weight excluding hydrogens is 156 g/mol. The second-order valence-corrected chi connectivity index (χ2v) is 2.28. The molecule has 71 valence electrons. The van der Waals surface area contributed by atoms with Crippen molar-refractivity contribution in [3.05, 3.63) is 19.3 Å². The Balaban J connectivity index is 3.61. The van der Waals surface area contributed by atoms with Gasteiger partial charge >= 0.3 is 0 Å². The molecule has 3 nitrogen and oxygen atoms in total. The molecule has 0 bridgehead atoms. The number of ether oxygens (including phenoxy) is 3. The molecule has 1 atom stereocenters. The van der Waals surface area contributed by atoms with E-state index in [0.29, 0.717) is 25.6 Å². The molecule has 0 aromatic rings. The summed E-state index contributed by atoms with van der Waals surface area (Å²) in [6, 6.07) is 0. The van der Waals surface area contributed by atoms with E-state index in [2.05, 4.69) is 13.5 Å². The molecule has 12 heavy (non-hydrogen) atoms. The molecule has 0 aromatic carbocycles. The topological polar surface area (TPSA) is 27.7 Å². The predicted octanol–water partition coefficient (Wildman–Crippen LogP) is 1.75. The van der Waals surface area contributed by atoms with Gasteiger partial charge in [-0.2, -0.15) is 0 Å². The Morgan fingerprint density at radius 1 is 1.50 bits per heavy atom. The highest BCUT2D eigenvalue weighted by atomic mass is 16.7. The molecule has 1 radical (unpaired) electrons. The third-order valence-electron chi connectivity index (χ3n) is 1.08. The van der Waals surface area contributed by atoms with Crippen molar-refractivity contribution in [3.63, 3.8) is 0 Å². The summed E-state index contributed by atoms with van der Waals surface area (Å²) in [5, 5.41) is 0. The molecule has 0 rings (SSSR count). The maximum Gasteiger partial charge on any atom is 0.222 e. The lowest BCUT2D eigenvalue weighted by Gasteiger charge is -2.18. The second-order valence-electron chi connectivity index (χ2n) is 2.28. The third kappa shape index (κ3) is 6.19. The van der Waals surface area contributed by atoms with Gasteiger partial charge in [-0.25, -0.2) is 0 Å². The van der Waals surface area contributed by atoms with Gasteiger partial charge in [0.05, 0.1) is 5.76 Å². The van der Waals surface area contributed by atoms with Gasteiger partial charge in [-0.1, -0.05) is 6.58 Å². The summed E-state index contributed by atoms with van der Waals surface area (Å²) in [5.41, 5.74) is 0. The minimum Gasteiger partial charge on any atom is -0.468 e. The van der Waals surface area contributed by atoms with E-state index in [4.69, 9.17) is 14.2 Å². The summed E-state index contributed by atoms with van der Waals surface area (Å²) in [4.78, 5) is 0. The molecule has 0 spiro atoms. The summed E-state index contributed by atoms with van der Waals surface area (Å²) in [7, 11) is 0. The minimum absolute atomic E-state index is 0.353. The van der Waals surface area contributed by atoms with Gasteiger partial charge in [-0.3, -0.25) is 0 Å². The van der Waals surface area contributed by atoms with Crippen LogP contribution in [0.25, 0.3) is 0 Å². The van der Waals surface area contributed by atoms with Crippen LogP contribution < -0.4 is 0 Å². The highest BCUT2D eigenvalue weighted by molar-refractivity contribution is 4.74. The van der Waals surface area contributed by atoms with Crippen molar-refractivity contribution in [2.45, 2.75) is 20.1 Å². The first kappa shape index (κ1) is 11.5. The van der Waals surface area contributed by atoms with Crippen molar-refractivity contribution >= 4 is 0 Å². The first-order chi connectivity index (χ1) is 5.70. The number of rotatable bonds is 7. The summed E-state index contributed by atoms with van der Waals surface area (Å²) in [5.74, 6) is 0.626. The molecule has 0 aliphatic carbocycles. The van der Waals surface area contributed by atoms with Gasteiger partial charge in [0.25, 0.3) is 0 Å². The monoisotopic (exact) mass is 173 g/mol. The van der Waals surface area contributed by atoms with Crippen molar-refractivity contribution in [1.82, 2.24) is 0 Å². The van der Waals surface area contributed by atoms with Gasteiger partial charge in [0.2, 0.25) is 6.29 Å². The average molecular weight is 173 g/mol. The lowest BCUT2D eigenvalue weighted by molar-refractivity contribution is -0.145. The van der Waals surface area contributed by atoms with Crippen LogP contribution >= 0.6 is 0 Å². The lowest BCUT2D eigenvalue weighted by Crippen LogP contribution is -2.22. The normalized spacial score (nSPS) is 12.6. The van der Waals surface area contributed by atoms with Crippen molar-refractivity contribution in [1.29, 1.82) is 0 Å². The van der Waals surface area contributed by atoms with E-state index in [1.807, 2.05) is 6.92 Å². The van der Waals surface area contributed by atoms with E-state index in [1.54, 1.807) is 6.92 Å². The molecule has 0 amide bonds. The van der Waals surface area contributed by atoms with E-state index >= 15 is 0 Å². The Hall–Kier alpha value is -0.540. The first-order valence-corrected chi connectivity index (χ1v) is 4.01. The average Bonchev–Trinajstić information content (AvgIpc) is 2.00. The van der Waals surface area contributed by atoms with Gasteiger partial charge in [0.1, 0.15) is 6.61 Å². The van der Waals surface area contributed by atoms with Gasteiger partial charge in [-0.15, -0.1) is 0 Å². The predicted molar refractivity (Wildman–Crippen MR) is 47.5 cm³/mol. The Labute approximate surface area is 74.3 Å². The minimum atomic E-state index is -0.353. The third-order valence-corrected chi connectivity index (χ3v) is 1.08. The van der Waals surface area contributed by atoms with Crippen LogP contribution in [0.2, 0.25) is 0 Å². The lowest BCUT2D eigenvalue weighted by atomic mass is 10.6. The number of allylic oxidation sites excluding steroid dienone is 1.